The van der Waals surface area contributed by atoms with E-state index in [0.717, 1.165) is 109 Å². The molecule has 0 bridgehead atoms. The van der Waals surface area contributed by atoms with Gasteiger partial charge in [0.1, 0.15) is 6.10 Å². The van der Waals surface area contributed by atoms with Crippen LogP contribution in [0.25, 0.3) is 0 Å². The molecule has 0 aliphatic rings. The molecular weight excluding hydrogens is 815 g/mol. The maximum atomic E-state index is 13.2. The van der Waals surface area contributed by atoms with Crippen molar-refractivity contribution in [2.24, 2.45) is 0 Å². The minimum absolute atomic E-state index is 0.0329. The van der Waals surface area contributed by atoms with Crippen molar-refractivity contribution in [2.45, 2.75) is 264 Å². The first-order valence-corrected chi connectivity index (χ1v) is 27.5. The summed E-state index contributed by atoms with van der Waals surface area (Å²) in [6.45, 7) is 6.25. The summed E-state index contributed by atoms with van der Waals surface area (Å²) >= 11 is 0. The summed E-state index contributed by atoms with van der Waals surface area (Å²) in [5.41, 5.74) is 0. The van der Waals surface area contributed by atoms with Gasteiger partial charge in [0.2, 0.25) is 5.91 Å². The van der Waals surface area contributed by atoms with Gasteiger partial charge in [-0.1, -0.05) is 240 Å². The molecule has 1 amide bonds. The van der Waals surface area contributed by atoms with E-state index in [9.17, 15) is 19.8 Å². The van der Waals surface area contributed by atoms with Crippen LogP contribution in [-0.2, 0) is 14.3 Å². The van der Waals surface area contributed by atoms with Crippen LogP contribution < -0.4 is 5.32 Å². The third-order valence-electron chi connectivity index (χ3n) is 11.9. The van der Waals surface area contributed by atoms with Gasteiger partial charge >= 0.3 is 5.97 Å². The molecule has 0 heterocycles. The van der Waals surface area contributed by atoms with Gasteiger partial charge in [0.25, 0.3) is 0 Å². The van der Waals surface area contributed by atoms with Crippen molar-refractivity contribution in [3.8, 4) is 0 Å². The summed E-state index contributed by atoms with van der Waals surface area (Å²) < 4.78 is 5.89. The molecule has 0 saturated heterocycles. The maximum Gasteiger partial charge on any atom is 0.306 e. The van der Waals surface area contributed by atoms with Gasteiger partial charge in [-0.15, -0.1) is 0 Å². The first-order chi connectivity index (χ1) is 32.5. The number of hydrogen-bond acceptors (Lipinski definition) is 5. The van der Waals surface area contributed by atoms with E-state index in [1.54, 1.807) is 0 Å². The van der Waals surface area contributed by atoms with E-state index in [2.05, 4.69) is 117 Å². The number of ether oxygens (including phenoxy) is 1. The Labute approximate surface area is 407 Å². The van der Waals surface area contributed by atoms with Crippen molar-refractivity contribution >= 4 is 11.9 Å². The summed E-state index contributed by atoms with van der Waals surface area (Å²) in [7, 11) is 0. The molecule has 6 heteroatoms. The minimum Gasteiger partial charge on any atom is -0.462 e. The summed E-state index contributed by atoms with van der Waals surface area (Å²) in [4.78, 5) is 26.2. The van der Waals surface area contributed by atoms with Crippen LogP contribution in [0.2, 0.25) is 0 Å². The average molecular weight is 918 g/mol. The molecule has 0 fully saturated rings. The van der Waals surface area contributed by atoms with Crippen LogP contribution in [0.15, 0.2) is 97.2 Å². The van der Waals surface area contributed by atoms with Crippen molar-refractivity contribution in [3.63, 3.8) is 0 Å². The van der Waals surface area contributed by atoms with E-state index in [1.165, 1.54) is 83.5 Å². The zero-order valence-electron chi connectivity index (χ0n) is 43.0. The van der Waals surface area contributed by atoms with E-state index in [-0.39, 0.29) is 31.3 Å². The van der Waals surface area contributed by atoms with E-state index < -0.39 is 18.2 Å². The van der Waals surface area contributed by atoms with Gasteiger partial charge < -0.3 is 20.3 Å². The molecule has 3 atom stereocenters. The van der Waals surface area contributed by atoms with Gasteiger partial charge in [-0.2, -0.15) is 0 Å². The van der Waals surface area contributed by atoms with Crippen LogP contribution in [0.3, 0.4) is 0 Å². The first-order valence-electron chi connectivity index (χ1n) is 27.5. The lowest BCUT2D eigenvalue weighted by Crippen LogP contribution is -2.46. The largest absolute Gasteiger partial charge is 0.462 e. The molecule has 3 unspecified atom stereocenters. The van der Waals surface area contributed by atoms with E-state index in [4.69, 9.17) is 4.74 Å². The Kier molecular flexibility index (Phi) is 50.2. The van der Waals surface area contributed by atoms with Crippen LogP contribution in [0.4, 0.5) is 0 Å². The first kappa shape index (κ1) is 62.8. The van der Waals surface area contributed by atoms with Crippen molar-refractivity contribution in [3.05, 3.63) is 97.2 Å². The fraction of sp³-hybridized carbons (Fsp3) is 0.700. The zero-order chi connectivity index (χ0) is 48.1. The Morgan fingerprint density at radius 2 is 0.818 bits per heavy atom. The van der Waals surface area contributed by atoms with Crippen molar-refractivity contribution in [2.75, 3.05) is 6.61 Å². The molecule has 66 heavy (non-hydrogen) atoms. The normalized spacial score (nSPS) is 14.0. The number of hydrogen-bond donors (Lipinski definition) is 3. The lowest BCUT2D eigenvalue weighted by molar-refractivity contribution is -0.150. The smallest absolute Gasteiger partial charge is 0.306 e. The van der Waals surface area contributed by atoms with Crippen molar-refractivity contribution < 1.29 is 24.5 Å². The summed E-state index contributed by atoms with van der Waals surface area (Å²) in [6, 6.07) is -0.727. The molecule has 3 N–H and O–H groups in total. The standard InChI is InChI=1S/C60H103NO5/c1-4-7-10-13-16-19-22-25-27-29-30-31-33-35-38-41-44-47-50-53-60(65)66-56(51-48-45-42-39-36-24-21-18-15-12-9-6-3)54-59(64)61-57(55-62)58(63)52-49-46-43-40-37-34-32-28-26-23-20-17-14-11-8-5-2/h7,9-10,12,16,18-19,21,25,27,30-31,35,38,44,47,56-58,62-63H,4-6,8,11,13-15,17,20,22-24,26,28-29,32-34,36-37,39-43,45-46,48-55H2,1-3H3,(H,61,64)/b10-7-,12-9+,19-16-,21-18+,27-25-,31-30-,38-35-,47-44-. The Hall–Kier alpha value is -3.22. The van der Waals surface area contributed by atoms with E-state index >= 15 is 0 Å². The monoisotopic (exact) mass is 918 g/mol. The van der Waals surface area contributed by atoms with Crippen molar-refractivity contribution in [1.82, 2.24) is 5.32 Å². The third kappa shape index (κ3) is 47.3. The Bertz CT molecular complexity index is 1310. The predicted octanol–water partition coefficient (Wildman–Crippen LogP) is 16.9. The second kappa shape index (κ2) is 52.7. The number of unbranched alkanes of at least 4 members (excludes halogenated alkanes) is 20. The fourth-order valence-corrected chi connectivity index (χ4v) is 7.85. The fourth-order valence-electron chi connectivity index (χ4n) is 7.85. The van der Waals surface area contributed by atoms with Gasteiger partial charge in [0, 0.05) is 6.42 Å². The minimum atomic E-state index is -0.810. The topological polar surface area (TPSA) is 95.9 Å². The SMILES string of the molecule is CC/C=C\C/C=C\C/C=C\C/C=C\C/C=C\C/C=C\CCC(=O)OC(CCCCCCC/C=C/C/C=C/CC)CC(=O)NC(CO)C(O)CCCCCCCCCCCCCCCCCC. The molecule has 0 spiro atoms. The number of carbonyl (C=O) groups excluding carboxylic acids is 2. The van der Waals surface area contributed by atoms with E-state index in [0.29, 0.717) is 19.3 Å². The Morgan fingerprint density at radius 3 is 1.24 bits per heavy atom. The van der Waals surface area contributed by atoms with Crippen LogP contribution in [0.5, 0.6) is 0 Å². The molecule has 0 aromatic heterocycles. The number of amides is 1. The molecule has 0 aromatic carbocycles. The highest BCUT2D eigenvalue weighted by atomic mass is 16.5. The molecular formula is C60H103NO5. The van der Waals surface area contributed by atoms with Gasteiger partial charge in [0.05, 0.1) is 25.2 Å². The second-order valence-corrected chi connectivity index (χ2v) is 18.2. The molecule has 0 saturated carbocycles. The Morgan fingerprint density at radius 1 is 0.455 bits per heavy atom. The molecule has 6 nitrogen and oxygen atoms in total. The van der Waals surface area contributed by atoms with Gasteiger partial charge in [-0.3, -0.25) is 9.59 Å². The Balaban J connectivity index is 4.64. The third-order valence-corrected chi connectivity index (χ3v) is 11.9. The average Bonchev–Trinajstić information content (AvgIpc) is 3.31. The lowest BCUT2D eigenvalue weighted by Gasteiger charge is -2.24. The molecule has 378 valence electrons. The number of rotatable bonds is 48. The highest BCUT2D eigenvalue weighted by molar-refractivity contribution is 5.77. The van der Waals surface area contributed by atoms with Crippen LogP contribution in [0.1, 0.15) is 245 Å². The lowest BCUT2D eigenvalue weighted by atomic mass is 10.0. The van der Waals surface area contributed by atoms with Gasteiger partial charge in [-0.25, -0.2) is 0 Å². The highest BCUT2D eigenvalue weighted by Gasteiger charge is 2.24. The second-order valence-electron chi connectivity index (χ2n) is 18.2. The molecule has 0 radical (unpaired) electrons. The quantitative estimate of drug-likeness (QED) is 0.0321. The van der Waals surface area contributed by atoms with Gasteiger partial charge in [-0.05, 0) is 89.9 Å². The zero-order valence-corrected chi connectivity index (χ0v) is 43.0. The van der Waals surface area contributed by atoms with Crippen LogP contribution in [-0.4, -0.2) is 46.9 Å². The summed E-state index contributed by atoms with van der Waals surface area (Å²) in [5, 5.41) is 23.8. The number of allylic oxidation sites excluding steroid dienone is 16. The number of aliphatic hydroxyl groups is 2. The summed E-state index contributed by atoms with van der Waals surface area (Å²) in [5.74, 6) is -0.592. The van der Waals surface area contributed by atoms with Crippen molar-refractivity contribution in [1.29, 1.82) is 0 Å². The molecule has 0 aromatic rings. The van der Waals surface area contributed by atoms with Gasteiger partial charge in [0.15, 0.2) is 0 Å². The number of nitrogens with one attached hydrogen (secondary N) is 1. The number of esters is 1. The number of aliphatic hydroxyl groups excluding tert-OH is 2. The maximum absolute atomic E-state index is 13.2. The summed E-state index contributed by atoms with van der Waals surface area (Å²) in [6.07, 6.45) is 70.5. The molecule has 0 rings (SSSR count). The van der Waals surface area contributed by atoms with Crippen LogP contribution in [0, 0.1) is 0 Å². The van der Waals surface area contributed by atoms with Crippen LogP contribution >= 0.6 is 0 Å². The van der Waals surface area contributed by atoms with E-state index in [1.807, 2.05) is 6.08 Å². The predicted molar refractivity (Wildman–Crippen MR) is 287 cm³/mol. The number of carbonyl (C=O) groups is 2. The molecule has 0 aliphatic heterocycles. The molecule has 0 aliphatic carbocycles. The highest BCUT2D eigenvalue weighted by Crippen LogP contribution is 2.17.